The molecule has 1 N–H and O–H groups in total. The Morgan fingerprint density at radius 2 is 2.09 bits per heavy atom. The molecule has 0 aromatic heterocycles. The molecule has 0 radical (unpaired) electrons. The monoisotopic (exact) mass is 177 g/mol. The Morgan fingerprint density at radius 3 is 2.55 bits per heavy atom. The van der Waals surface area contributed by atoms with Gasteiger partial charge in [0, 0.05) is 6.04 Å². The van der Waals surface area contributed by atoms with E-state index in [1.54, 1.807) is 0 Å². The molecule has 0 aromatic carbocycles. The first kappa shape index (κ1) is 9.00. The van der Waals surface area contributed by atoms with Gasteiger partial charge in [-0.2, -0.15) is 0 Å². The van der Waals surface area contributed by atoms with Crippen LogP contribution in [-0.4, -0.2) is 26.1 Å². The maximum Gasteiger partial charge on any atom is 0.163 e. The fourth-order valence-electron chi connectivity index (χ4n) is 0.915. The summed E-state index contributed by atoms with van der Waals surface area (Å²) in [6.45, 7) is 1.88. The van der Waals surface area contributed by atoms with Gasteiger partial charge in [-0.1, -0.05) is 6.92 Å². The van der Waals surface area contributed by atoms with Crippen LogP contribution < -0.4 is 5.32 Å². The highest BCUT2D eigenvalue weighted by molar-refractivity contribution is 7.91. The van der Waals surface area contributed by atoms with Crippen LogP contribution in [0.5, 0.6) is 0 Å². The highest BCUT2D eigenvalue weighted by Crippen LogP contribution is 2.18. The minimum Gasteiger partial charge on any atom is -0.301 e. The van der Waals surface area contributed by atoms with Crippen molar-refractivity contribution in [2.75, 3.05) is 11.6 Å². The summed E-state index contributed by atoms with van der Waals surface area (Å²) in [6, 6.07) is 0.488. The summed E-state index contributed by atoms with van der Waals surface area (Å²) in [6.07, 6.45) is 3.00. The van der Waals surface area contributed by atoms with Gasteiger partial charge in [-0.3, -0.25) is 0 Å². The summed E-state index contributed by atoms with van der Waals surface area (Å²) >= 11 is 0. The molecule has 0 saturated heterocycles. The third kappa shape index (κ3) is 3.72. The SMILES string of the molecule is CCCS(=O)(=O)CNC1CC1. The van der Waals surface area contributed by atoms with Crippen LogP contribution in [0.1, 0.15) is 26.2 Å². The lowest BCUT2D eigenvalue weighted by atomic mass is 10.6. The van der Waals surface area contributed by atoms with Gasteiger partial charge in [0.1, 0.15) is 0 Å². The van der Waals surface area contributed by atoms with Crippen LogP contribution in [0, 0.1) is 0 Å². The molecule has 0 aromatic rings. The molecular formula is C7H15NO2S. The van der Waals surface area contributed by atoms with Gasteiger partial charge in [-0.25, -0.2) is 8.42 Å². The van der Waals surface area contributed by atoms with E-state index < -0.39 is 9.84 Å². The minimum absolute atomic E-state index is 0.172. The lowest BCUT2D eigenvalue weighted by Gasteiger charge is -2.02. The summed E-state index contributed by atoms with van der Waals surface area (Å²) in [4.78, 5) is 0. The molecule has 0 atom stereocenters. The second kappa shape index (κ2) is 3.54. The molecular weight excluding hydrogens is 162 g/mol. The zero-order valence-corrected chi connectivity index (χ0v) is 7.65. The standard InChI is InChI=1S/C7H15NO2S/c1-2-5-11(9,10)6-8-7-3-4-7/h7-8H,2-6H2,1H3. The summed E-state index contributed by atoms with van der Waals surface area (Å²) in [5.41, 5.74) is 0. The van der Waals surface area contributed by atoms with E-state index in [1.807, 2.05) is 6.92 Å². The van der Waals surface area contributed by atoms with Crippen molar-refractivity contribution in [1.82, 2.24) is 5.32 Å². The topological polar surface area (TPSA) is 46.2 Å². The smallest absolute Gasteiger partial charge is 0.163 e. The van der Waals surface area contributed by atoms with E-state index in [0.29, 0.717) is 18.2 Å². The summed E-state index contributed by atoms with van der Waals surface area (Å²) in [5, 5.41) is 2.99. The molecule has 4 heteroatoms. The van der Waals surface area contributed by atoms with Crippen molar-refractivity contribution in [2.45, 2.75) is 32.2 Å². The normalized spacial score (nSPS) is 18.6. The maximum absolute atomic E-state index is 11.1. The number of sulfone groups is 1. The van der Waals surface area contributed by atoms with Crippen molar-refractivity contribution in [1.29, 1.82) is 0 Å². The van der Waals surface area contributed by atoms with E-state index in [9.17, 15) is 8.42 Å². The Labute approximate surface area is 68.1 Å². The third-order valence-corrected chi connectivity index (χ3v) is 3.32. The number of hydrogen-bond donors (Lipinski definition) is 1. The molecule has 11 heavy (non-hydrogen) atoms. The van der Waals surface area contributed by atoms with Crippen molar-refractivity contribution in [3.63, 3.8) is 0 Å². The van der Waals surface area contributed by atoms with E-state index in [0.717, 1.165) is 12.8 Å². The van der Waals surface area contributed by atoms with Gasteiger partial charge in [-0.15, -0.1) is 0 Å². The van der Waals surface area contributed by atoms with Gasteiger partial charge in [-0.05, 0) is 19.3 Å². The zero-order chi connectivity index (χ0) is 8.32. The fraction of sp³-hybridized carbons (Fsp3) is 1.00. The second-order valence-electron chi connectivity index (χ2n) is 3.07. The third-order valence-electron chi connectivity index (χ3n) is 1.68. The molecule has 0 spiro atoms. The Hall–Kier alpha value is -0.0900. The lowest BCUT2D eigenvalue weighted by molar-refractivity contribution is 0.585. The predicted octanol–water partition coefficient (Wildman–Crippen LogP) is 0.521. The predicted molar refractivity (Wildman–Crippen MR) is 45.1 cm³/mol. The van der Waals surface area contributed by atoms with Gasteiger partial charge in [0.2, 0.25) is 0 Å². The van der Waals surface area contributed by atoms with Crippen LogP contribution in [0.15, 0.2) is 0 Å². The van der Waals surface area contributed by atoms with E-state index in [2.05, 4.69) is 5.32 Å². The first-order chi connectivity index (χ1) is 5.14. The van der Waals surface area contributed by atoms with Crippen LogP contribution in [-0.2, 0) is 9.84 Å². The fourth-order valence-corrected chi connectivity index (χ4v) is 2.17. The number of nitrogens with one attached hydrogen (secondary N) is 1. The minimum atomic E-state index is -2.80. The molecule has 1 fully saturated rings. The Kier molecular flexibility index (Phi) is 2.90. The molecule has 1 aliphatic rings. The Morgan fingerprint density at radius 1 is 1.45 bits per heavy atom. The van der Waals surface area contributed by atoms with Crippen LogP contribution in [0.3, 0.4) is 0 Å². The van der Waals surface area contributed by atoms with E-state index in [4.69, 9.17) is 0 Å². The van der Waals surface area contributed by atoms with Crippen molar-refractivity contribution in [3.8, 4) is 0 Å². The van der Waals surface area contributed by atoms with Gasteiger partial charge < -0.3 is 5.32 Å². The molecule has 0 amide bonds. The van der Waals surface area contributed by atoms with Crippen molar-refractivity contribution < 1.29 is 8.42 Å². The summed E-state index contributed by atoms with van der Waals surface area (Å²) in [5.74, 6) is 0.484. The summed E-state index contributed by atoms with van der Waals surface area (Å²) < 4.78 is 22.2. The molecule has 1 rings (SSSR count). The summed E-state index contributed by atoms with van der Waals surface area (Å²) in [7, 11) is -2.80. The molecule has 0 aliphatic heterocycles. The molecule has 3 nitrogen and oxygen atoms in total. The molecule has 0 unspecified atom stereocenters. The first-order valence-electron chi connectivity index (χ1n) is 4.08. The first-order valence-corrected chi connectivity index (χ1v) is 5.90. The van der Waals surface area contributed by atoms with Gasteiger partial charge in [0.15, 0.2) is 9.84 Å². The van der Waals surface area contributed by atoms with Gasteiger partial charge >= 0.3 is 0 Å². The van der Waals surface area contributed by atoms with Crippen LogP contribution in [0.4, 0.5) is 0 Å². The quantitative estimate of drug-likeness (QED) is 0.666. The van der Waals surface area contributed by atoms with Crippen LogP contribution >= 0.6 is 0 Å². The largest absolute Gasteiger partial charge is 0.301 e. The average molecular weight is 177 g/mol. The highest BCUT2D eigenvalue weighted by atomic mass is 32.2. The van der Waals surface area contributed by atoms with Crippen LogP contribution in [0.2, 0.25) is 0 Å². The second-order valence-corrected chi connectivity index (χ2v) is 5.25. The molecule has 66 valence electrons. The van der Waals surface area contributed by atoms with E-state index in [1.165, 1.54) is 0 Å². The lowest BCUT2D eigenvalue weighted by Crippen LogP contribution is -2.26. The Bertz CT molecular complexity index is 206. The average Bonchev–Trinajstić information content (AvgIpc) is 2.65. The number of rotatable bonds is 5. The molecule has 0 bridgehead atoms. The van der Waals surface area contributed by atoms with E-state index in [-0.39, 0.29) is 5.88 Å². The maximum atomic E-state index is 11.1. The highest BCUT2D eigenvalue weighted by Gasteiger charge is 2.22. The van der Waals surface area contributed by atoms with Crippen molar-refractivity contribution >= 4 is 9.84 Å². The van der Waals surface area contributed by atoms with Gasteiger partial charge in [0.05, 0.1) is 11.6 Å². The molecule has 0 heterocycles. The molecule has 1 saturated carbocycles. The Balaban J connectivity index is 2.21. The van der Waals surface area contributed by atoms with Crippen molar-refractivity contribution in [2.24, 2.45) is 0 Å². The zero-order valence-electron chi connectivity index (χ0n) is 6.84. The van der Waals surface area contributed by atoms with Crippen molar-refractivity contribution in [3.05, 3.63) is 0 Å². The van der Waals surface area contributed by atoms with E-state index >= 15 is 0 Å². The number of hydrogen-bond acceptors (Lipinski definition) is 3. The molecule has 1 aliphatic carbocycles. The van der Waals surface area contributed by atoms with Crippen LogP contribution in [0.25, 0.3) is 0 Å². The van der Waals surface area contributed by atoms with Gasteiger partial charge in [0.25, 0.3) is 0 Å².